The second-order valence-electron chi connectivity index (χ2n) is 2.76. The molecule has 0 aliphatic heterocycles. The van der Waals surface area contributed by atoms with Gasteiger partial charge in [-0.05, 0) is 33.9 Å². The van der Waals surface area contributed by atoms with Crippen LogP contribution in [-0.2, 0) is 6.42 Å². The van der Waals surface area contributed by atoms with Crippen molar-refractivity contribution in [3.05, 3.63) is 33.5 Å². The minimum atomic E-state index is 0.0511. The number of thiophene rings is 1. The van der Waals surface area contributed by atoms with Gasteiger partial charge in [-0.3, -0.25) is 0 Å². The molecule has 2 aromatic rings. The van der Waals surface area contributed by atoms with E-state index in [1.807, 2.05) is 10.8 Å². The number of hydrogen-bond donors (Lipinski definition) is 1. The molecule has 5 heteroatoms. The lowest BCUT2D eigenvalue weighted by atomic mass is 10.1. The molecule has 0 aliphatic rings. The number of hydrogen-bond acceptors (Lipinski definition) is 5. The minimum absolute atomic E-state index is 0.0511. The van der Waals surface area contributed by atoms with Crippen molar-refractivity contribution in [2.45, 2.75) is 12.5 Å². The summed E-state index contributed by atoms with van der Waals surface area (Å²) in [5.74, 6) is 0. The second-order valence-corrected chi connectivity index (χ2v) is 4.15. The van der Waals surface area contributed by atoms with Crippen LogP contribution in [0.5, 0.6) is 0 Å². The first-order valence-electron chi connectivity index (χ1n) is 3.90. The van der Waals surface area contributed by atoms with Crippen LogP contribution in [0.4, 0.5) is 0 Å². The third kappa shape index (κ3) is 2.12. The molecule has 0 amide bonds. The largest absolute Gasteiger partial charge is 0.324 e. The molecule has 2 N–H and O–H groups in total. The summed E-state index contributed by atoms with van der Waals surface area (Å²) in [7, 11) is 0. The summed E-state index contributed by atoms with van der Waals surface area (Å²) in [5.41, 5.74) is 8.13. The molecule has 0 aliphatic carbocycles. The van der Waals surface area contributed by atoms with Gasteiger partial charge in [-0.25, -0.2) is 0 Å². The average molecular weight is 211 g/mol. The lowest BCUT2D eigenvalue weighted by Crippen LogP contribution is -2.12. The molecule has 0 fully saturated rings. The van der Waals surface area contributed by atoms with E-state index in [0.717, 1.165) is 12.1 Å². The van der Waals surface area contributed by atoms with Crippen molar-refractivity contribution >= 4 is 22.9 Å². The maximum atomic E-state index is 5.97. The average Bonchev–Trinajstić information content (AvgIpc) is 2.74. The van der Waals surface area contributed by atoms with Gasteiger partial charge in [0, 0.05) is 17.8 Å². The molecule has 0 saturated heterocycles. The Balaban J connectivity index is 2.04. The number of rotatable bonds is 3. The van der Waals surface area contributed by atoms with Gasteiger partial charge in [0.2, 0.25) is 0 Å². The van der Waals surface area contributed by atoms with Crippen LogP contribution in [-0.4, -0.2) is 9.59 Å². The van der Waals surface area contributed by atoms with E-state index in [1.165, 1.54) is 17.1 Å². The van der Waals surface area contributed by atoms with Crippen LogP contribution in [0.3, 0.4) is 0 Å². The molecule has 13 heavy (non-hydrogen) atoms. The van der Waals surface area contributed by atoms with E-state index in [1.54, 1.807) is 11.3 Å². The first kappa shape index (κ1) is 8.80. The molecule has 1 atom stereocenters. The van der Waals surface area contributed by atoms with E-state index in [4.69, 9.17) is 5.73 Å². The van der Waals surface area contributed by atoms with Gasteiger partial charge in [-0.15, -0.1) is 5.10 Å². The Morgan fingerprint density at radius 1 is 1.46 bits per heavy atom. The highest BCUT2D eigenvalue weighted by Crippen LogP contribution is 2.17. The molecule has 3 nitrogen and oxygen atoms in total. The zero-order valence-corrected chi connectivity index (χ0v) is 8.52. The first-order valence-corrected chi connectivity index (χ1v) is 5.68. The Labute approximate surface area is 84.4 Å². The summed E-state index contributed by atoms with van der Waals surface area (Å²) in [6, 6.07) is 2.10. The Morgan fingerprint density at radius 3 is 3.00 bits per heavy atom. The van der Waals surface area contributed by atoms with E-state index < -0.39 is 0 Å². The molecule has 1 unspecified atom stereocenters. The highest BCUT2D eigenvalue weighted by atomic mass is 32.1. The summed E-state index contributed by atoms with van der Waals surface area (Å²) >= 11 is 3.03. The van der Waals surface area contributed by atoms with E-state index in [0.29, 0.717) is 0 Å². The van der Waals surface area contributed by atoms with Gasteiger partial charge >= 0.3 is 0 Å². The summed E-state index contributed by atoms with van der Waals surface area (Å²) in [6.07, 6.45) is 0.771. The maximum absolute atomic E-state index is 5.97. The van der Waals surface area contributed by atoms with Crippen LogP contribution in [0.1, 0.15) is 17.3 Å². The quantitative estimate of drug-likeness (QED) is 0.842. The molecule has 2 heterocycles. The van der Waals surface area contributed by atoms with Crippen LogP contribution in [0.2, 0.25) is 0 Å². The molecular formula is C8H9N3S2. The topological polar surface area (TPSA) is 51.8 Å². The van der Waals surface area contributed by atoms with Crippen LogP contribution >= 0.6 is 22.9 Å². The van der Waals surface area contributed by atoms with E-state index in [-0.39, 0.29) is 6.04 Å². The zero-order valence-electron chi connectivity index (χ0n) is 6.88. The summed E-state index contributed by atoms with van der Waals surface area (Å²) in [5, 5.41) is 10.0. The Bertz CT molecular complexity index is 341. The number of nitrogens with zero attached hydrogens (tertiary/aromatic N) is 2. The molecule has 2 rings (SSSR count). The Kier molecular flexibility index (Phi) is 2.68. The third-order valence-electron chi connectivity index (χ3n) is 1.81. The lowest BCUT2D eigenvalue weighted by Gasteiger charge is -2.06. The monoisotopic (exact) mass is 211 g/mol. The molecule has 0 radical (unpaired) electrons. The summed E-state index contributed by atoms with van der Waals surface area (Å²) in [4.78, 5) is 0. The van der Waals surface area contributed by atoms with Crippen LogP contribution in [0.15, 0.2) is 22.2 Å². The zero-order chi connectivity index (χ0) is 9.10. The standard InChI is InChI=1S/C8H9N3S2/c9-8(6-1-2-12-4-6)3-7-5-13-11-10-7/h1-2,4-5,8H,3,9H2. The van der Waals surface area contributed by atoms with Crippen molar-refractivity contribution in [3.63, 3.8) is 0 Å². The summed E-state index contributed by atoms with van der Waals surface area (Å²) in [6.45, 7) is 0. The SMILES string of the molecule is NC(Cc1csnn1)c1ccsc1. The molecule has 68 valence electrons. The van der Waals surface area contributed by atoms with E-state index >= 15 is 0 Å². The van der Waals surface area contributed by atoms with E-state index in [9.17, 15) is 0 Å². The van der Waals surface area contributed by atoms with Gasteiger partial charge in [-0.2, -0.15) is 11.3 Å². The molecule has 0 spiro atoms. The summed E-state index contributed by atoms with van der Waals surface area (Å²) < 4.78 is 3.80. The molecule has 0 saturated carbocycles. The maximum Gasteiger partial charge on any atom is 0.0774 e. The number of nitrogens with two attached hydrogens (primary N) is 1. The fraction of sp³-hybridized carbons (Fsp3) is 0.250. The van der Waals surface area contributed by atoms with Crippen molar-refractivity contribution in [2.75, 3.05) is 0 Å². The van der Waals surface area contributed by atoms with Crippen molar-refractivity contribution in [1.29, 1.82) is 0 Å². The van der Waals surface area contributed by atoms with Crippen LogP contribution < -0.4 is 5.73 Å². The van der Waals surface area contributed by atoms with Gasteiger partial charge in [0.15, 0.2) is 0 Å². The van der Waals surface area contributed by atoms with Crippen molar-refractivity contribution in [2.24, 2.45) is 5.73 Å². The molecule has 0 aromatic carbocycles. The highest BCUT2D eigenvalue weighted by molar-refractivity contribution is 7.08. The van der Waals surface area contributed by atoms with Gasteiger partial charge in [0.25, 0.3) is 0 Å². The van der Waals surface area contributed by atoms with E-state index in [2.05, 4.69) is 21.0 Å². The highest BCUT2D eigenvalue weighted by Gasteiger charge is 2.08. The van der Waals surface area contributed by atoms with Crippen molar-refractivity contribution in [3.8, 4) is 0 Å². The van der Waals surface area contributed by atoms with Crippen LogP contribution in [0, 0.1) is 0 Å². The fourth-order valence-corrected chi connectivity index (χ4v) is 2.29. The van der Waals surface area contributed by atoms with Gasteiger partial charge < -0.3 is 5.73 Å². The Morgan fingerprint density at radius 2 is 2.38 bits per heavy atom. The van der Waals surface area contributed by atoms with Gasteiger partial charge in [-0.1, -0.05) is 4.49 Å². The predicted octanol–water partition coefficient (Wildman–Crippen LogP) is 1.84. The van der Waals surface area contributed by atoms with Crippen LogP contribution in [0.25, 0.3) is 0 Å². The molecular weight excluding hydrogens is 202 g/mol. The fourth-order valence-electron chi connectivity index (χ4n) is 1.10. The minimum Gasteiger partial charge on any atom is -0.324 e. The number of aromatic nitrogens is 2. The predicted molar refractivity (Wildman–Crippen MR) is 54.9 cm³/mol. The lowest BCUT2D eigenvalue weighted by molar-refractivity contribution is 0.706. The van der Waals surface area contributed by atoms with Crippen molar-refractivity contribution < 1.29 is 0 Å². The molecule has 2 aromatic heterocycles. The smallest absolute Gasteiger partial charge is 0.0774 e. The second kappa shape index (κ2) is 3.95. The van der Waals surface area contributed by atoms with Gasteiger partial charge in [0.1, 0.15) is 0 Å². The Hall–Kier alpha value is -0.780. The van der Waals surface area contributed by atoms with Gasteiger partial charge in [0.05, 0.1) is 5.69 Å². The first-order chi connectivity index (χ1) is 6.36. The normalized spacial score (nSPS) is 13.0. The third-order valence-corrected chi connectivity index (χ3v) is 3.06. The van der Waals surface area contributed by atoms with Crippen molar-refractivity contribution in [1.82, 2.24) is 9.59 Å². The molecule has 0 bridgehead atoms.